The first-order valence-electron chi connectivity index (χ1n) is 4.49. The zero-order chi connectivity index (χ0) is 10.9. The topological polar surface area (TPSA) is 71.8 Å². The Morgan fingerprint density at radius 1 is 1.60 bits per heavy atom. The molecule has 1 amide bonds. The van der Waals surface area contributed by atoms with Gasteiger partial charge in [-0.3, -0.25) is 9.89 Å². The number of allylic oxidation sites excluding steroid dienone is 3. The lowest BCUT2D eigenvalue weighted by Gasteiger charge is -2.28. The fraction of sp³-hybridized carbons (Fsp3) is 0.200. The first kappa shape index (κ1) is 9.98. The summed E-state index contributed by atoms with van der Waals surface area (Å²) in [6, 6.07) is 1.73. The maximum absolute atomic E-state index is 11.3. The summed E-state index contributed by atoms with van der Waals surface area (Å²) in [6.07, 6.45) is 8.59. The molecule has 1 aliphatic rings. The van der Waals surface area contributed by atoms with Crippen molar-refractivity contribution in [1.82, 2.24) is 10.2 Å². The summed E-state index contributed by atoms with van der Waals surface area (Å²) in [4.78, 5) is 10.3. The molecule has 0 saturated heterocycles. The van der Waals surface area contributed by atoms with Crippen molar-refractivity contribution in [3.8, 4) is 0 Å². The molecule has 0 fully saturated rings. The molecular weight excluding hydrogens is 214 g/mol. The number of primary amides is 1. The minimum absolute atomic E-state index is 0.464. The van der Waals surface area contributed by atoms with E-state index in [2.05, 4.69) is 10.2 Å². The molecule has 0 saturated carbocycles. The Bertz CT molecular complexity index is 424. The number of alkyl halides is 1. The number of H-pyrrole nitrogens is 1. The van der Waals surface area contributed by atoms with Crippen LogP contribution in [0.15, 0.2) is 36.6 Å². The number of rotatable bonds is 2. The Labute approximate surface area is 91.8 Å². The molecule has 0 radical (unpaired) electrons. The molecule has 2 rings (SSSR count). The lowest BCUT2D eigenvalue weighted by Crippen LogP contribution is -2.37. The largest absolute Gasteiger partial charge is 0.369 e. The van der Waals surface area contributed by atoms with E-state index in [9.17, 15) is 4.79 Å². The van der Waals surface area contributed by atoms with Gasteiger partial charge in [0.25, 0.3) is 0 Å². The number of hydrogen-bond acceptors (Lipinski definition) is 2. The first-order valence-corrected chi connectivity index (χ1v) is 4.87. The maximum atomic E-state index is 11.3. The second kappa shape index (κ2) is 3.55. The van der Waals surface area contributed by atoms with Crippen molar-refractivity contribution in [1.29, 1.82) is 0 Å². The molecular formula is C10H10ClN3O. The second-order valence-electron chi connectivity index (χ2n) is 3.35. The maximum Gasteiger partial charge on any atom is 0.226 e. The summed E-state index contributed by atoms with van der Waals surface area (Å²) in [5.41, 5.74) is 5.89. The average molecular weight is 224 g/mol. The number of hydrogen-bond donors (Lipinski definition) is 2. The summed E-state index contributed by atoms with van der Waals surface area (Å²) in [7, 11) is 0. The Morgan fingerprint density at radius 3 is 3.00 bits per heavy atom. The van der Waals surface area contributed by atoms with E-state index >= 15 is 0 Å². The number of carbonyl (C=O) groups excluding carboxylic acids is 1. The van der Waals surface area contributed by atoms with Gasteiger partial charge in [-0.25, -0.2) is 0 Å². The van der Waals surface area contributed by atoms with Crippen LogP contribution in [0.2, 0.25) is 0 Å². The number of nitrogens with zero attached hydrogens (tertiary/aromatic N) is 1. The molecule has 3 N–H and O–H groups in total. The summed E-state index contributed by atoms with van der Waals surface area (Å²) in [5, 5.41) is 6.66. The average Bonchev–Trinajstić information content (AvgIpc) is 2.71. The van der Waals surface area contributed by atoms with Crippen LogP contribution in [0.4, 0.5) is 0 Å². The lowest BCUT2D eigenvalue weighted by molar-refractivity contribution is -0.121. The normalized spacial score (nSPS) is 29.3. The molecule has 1 aliphatic carbocycles. The molecule has 0 spiro atoms. The van der Waals surface area contributed by atoms with Gasteiger partial charge in [0.1, 0.15) is 4.87 Å². The van der Waals surface area contributed by atoms with E-state index in [-0.39, 0.29) is 0 Å². The molecule has 2 atom stereocenters. The smallest absolute Gasteiger partial charge is 0.226 e. The second-order valence-corrected chi connectivity index (χ2v) is 3.98. The predicted molar refractivity (Wildman–Crippen MR) is 57.1 cm³/mol. The number of nitrogens with one attached hydrogen (secondary N) is 1. The van der Waals surface area contributed by atoms with Crippen molar-refractivity contribution < 1.29 is 4.79 Å². The van der Waals surface area contributed by atoms with E-state index in [4.69, 9.17) is 17.3 Å². The number of amides is 1. The van der Waals surface area contributed by atoms with E-state index in [1.807, 2.05) is 0 Å². The van der Waals surface area contributed by atoms with Crippen LogP contribution >= 0.6 is 11.6 Å². The van der Waals surface area contributed by atoms with E-state index in [0.29, 0.717) is 5.69 Å². The molecule has 1 aromatic heterocycles. The highest BCUT2D eigenvalue weighted by molar-refractivity contribution is 6.27. The van der Waals surface area contributed by atoms with Crippen molar-refractivity contribution >= 4 is 17.5 Å². The van der Waals surface area contributed by atoms with Crippen molar-refractivity contribution in [2.24, 2.45) is 11.7 Å². The third-order valence-electron chi connectivity index (χ3n) is 2.41. The van der Waals surface area contributed by atoms with E-state index < -0.39 is 16.7 Å². The fourth-order valence-electron chi connectivity index (χ4n) is 1.63. The van der Waals surface area contributed by atoms with Gasteiger partial charge in [0.15, 0.2) is 0 Å². The van der Waals surface area contributed by atoms with Gasteiger partial charge >= 0.3 is 0 Å². The molecule has 2 unspecified atom stereocenters. The minimum Gasteiger partial charge on any atom is -0.369 e. The van der Waals surface area contributed by atoms with Crippen LogP contribution < -0.4 is 5.73 Å². The van der Waals surface area contributed by atoms with Gasteiger partial charge in [0.2, 0.25) is 5.91 Å². The Hall–Kier alpha value is -1.55. The van der Waals surface area contributed by atoms with E-state index in [0.717, 1.165) is 0 Å². The lowest BCUT2D eigenvalue weighted by atomic mass is 9.84. The van der Waals surface area contributed by atoms with E-state index in [1.54, 1.807) is 36.6 Å². The summed E-state index contributed by atoms with van der Waals surface area (Å²) in [5.74, 6) is -1.04. The third-order valence-corrected chi connectivity index (χ3v) is 2.96. The van der Waals surface area contributed by atoms with E-state index in [1.165, 1.54) is 0 Å². The highest BCUT2D eigenvalue weighted by atomic mass is 35.5. The summed E-state index contributed by atoms with van der Waals surface area (Å²) in [6.45, 7) is 0. The number of carbonyl (C=O) groups is 1. The molecule has 1 heterocycles. The minimum atomic E-state index is -0.972. The molecule has 0 bridgehead atoms. The van der Waals surface area contributed by atoms with Gasteiger partial charge in [-0.1, -0.05) is 24.3 Å². The fourth-order valence-corrected chi connectivity index (χ4v) is 1.99. The Balaban J connectivity index is 2.45. The van der Waals surface area contributed by atoms with Crippen LogP contribution in [0, 0.1) is 5.92 Å². The molecule has 0 aromatic carbocycles. The predicted octanol–water partition coefficient (Wildman–Crippen LogP) is 1.07. The third kappa shape index (κ3) is 1.57. The molecule has 0 aliphatic heterocycles. The van der Waals surface area contributed by atoms with Crippen LogP contribution in [-0.2, 0) is 9.67 Å². The van der Waals surface area contributed by atoms with Crippen molar-refractivity contribution in [2.45, 2.75) is 4.87 Å². The van der Waals surface area contributed by atoms with Gasteiger partial charge in [0, 0.05) is 6.20 Å². The number of nitrogens with two attached hydrogens (primary N) is 1. The monoisotopic (exact) mass is 223 g/mol. The number of halogens is 1. The number of aromatic amines is 1. The van der Waals surface area contributed by atoms with Crippen LogP contribution in [0.3, 0.4) is 0 Å². The molecule has 15 heavy (non-hydrogen) atoms. The summed E-state index contributed by atoms with van der Waals surface area (Å²) < 4.78 is 0. The zero-order valence-electron chi connectivity index (χ0n) is 7.85. The van der Waals surface area contributed by atoms with Crippen LogP contribution in [-0.4, -0.2) is 16.1 Å². The Morgan fingerprint density at radius 2 is 2.40 bits per heavy atom. The van der Waals surface area contributed by atoms with Crippen molar-refractivity contribution in [2.75, 3.05) is 0 Å². The quantitative estimate of drug-likeness (QED) is 0.737. The van der Waals surface area contributed by atoms with Gasteiger partial charge in [-0.2, -0.15) is 5.10 Å². The molecule has 5 heteroatoms. The highest BCUT2D eigenvalue weighted by Crippen LogP contribution is 2.39. The van der Waals surface area contributed by atoms with Crippen LogP contribution in [0.25, 0.3) is 0 Å². The highest BCUT2D eigenvalue weighted by Gasteiger charge is 2.41. The van der Waals surface area contributed by atoms with Crippen LogP contribution in [0.5, 0.6) is 0 Å². The molecule has 78 valence electrons. The SMILES string of the molecule is NC(=O)C1C=CC=CC1(Cl)c1cc[nH]n1. The van der Waals surface area contributed by atoms with Gasteiger partial charge in [-0.05, 0) is 6.07 Å². The van der Waals surface area contributed by atoms with Gasteiger partial charge in [-0.15, -0.1) is 11.6 Å². The molecule has 1 aromatic rings. The summed E-state index contributed by atoms with van der Waals surface area (Å²) >= 11 is 6.38. The zero-order valence-corrected chi connectivity index (χ0v) is 8.61. The standard InChI is InChI=1S/C10H10ClN3O/c11-10(8-4-6-13-14-8)5-2-1-3-7(10)9(12)15/h1-7H,(H2,12,15)(H,13,14). The van der Waals surface area contributed by atoms with Crippen molar-refractivity contribution in [3.63, 3.8) is 0 Å². The molecule has 4 nitrogen and oxygen atoms in total. The van der Waals surface area contributed by atoms with Crippen LogP contribution in [0.1, 0.15) is 5.69 Å². The first-order chi connectivity index (χ1) is 7.14. The van der Waals surface area contributed by atoms with Gasteiger partial charge < -0.3 is 5.73 Å². The van der Waals surface area contributed by atoms with Crippen molar-refractivity contribution in [3.05, 3.63) is 42.3 Å². The Kier molecular flexibility index (Phi) is 2.36. The number of aromatic nitrogens is 2. The van der Waals surface area contributed by atoms with Gasteiger partial charge in [0.05, 0.1) is 11.6 Å².